The number of halogens is 1. The number of rotatable bonds is 8. The van der Waals surface area contributed by atoms with Crippen molar-refractivity contribution in [2.24, 2.45) is 5.84 Å². The molecule has 1 aromatic rings. The molecule has 3 N–H and O–H groups in total. The molecule has 0 bridgehead atoms. The van der Waals surface area contributed by atoms with Crippen LogP contribution in [-0.4, -0.2) is 11.0 Å². The Hall–Kier alpha value is -0.450. The second-order valence-electron chi connectivity index (χ2n) is 4.43. The largest absolute Gasteiger partial charge is 0.271 e. The normalized spacial score (nSPS) is 12.6. The van der Waals surface area contributed by atoms with Gasteiger partial charge in [-0.3, -0.25) is 16.3 Å². The smallest absolute Gasteiger partial charge is 0.0410 e. The second-order valence-corrected chi connectivity index (χ2v) is 5.34. The Bertz CT molecular complexity index is 317. The fraction of sp³-hybridized carbons (Fsp3) is 0.615. The van der Waals surface area contributed by atoms with E-state index in [1.165, 1.54) is 31.2 Å². The molecule has 0 spiro atoms. The van der Waals surface area contributed by atoms with Crippen molar-refractivity contribution in [2.45, 2.75) is 51.5 Å². The monoisotopic (exact) mass is 299 g/mol. The first kappa shape index (κ1) is 14.6. The van der Waals surface area contributed by atoms with Gasteiger partial charge in [0.1, 0.15) is 0 Å². The Morgan fingerprint density at radius 3 is 2.82 bits per heavy atom. The third-order valence-corrected chi connectivity index (χ3v) is 3.32. The third kappa shape index (κ3) is 6.15. The predicted molar refractivity (Wildman–Crippen MR) is 75.5 cm³/mol. The van der Waals surface area contributed by atoms with E-state index in [9.17, 15) is 0 Å². The summed E-state index contributed by atoms with van der Waals surface area (Å²) in [6, 6.07) is 2.45. The van der Waals surface area contributed by atoms with Gasteiger partial charge in [-0.1, -0.05) is 32.6 Å². The van der Waals surface area contributed by atoms with Crippen LogP contribution >= 0.6 is 15.9 Å². The van der Waals surface area contributed by atoms with Gasteiger partial charge in [0.15, 0.2) is 0 Å². The van der Waals surface area contributed by atoms with Crippen molar-refractivity contribution in [3.63, 3.8) is 0 Å². The van der Waals surface area contributed by atoms with Gasteiger partial charge in [-0.15, -0.1) is 0 Å². The number of hydrazine groups is 1. The minimum Gasteiger partial charge on any atom is -0.271 e. The number of aromatic nitrogens is 1. The zero-order valence-electron chi connectivity index (χ0n) is 10.5. The molecule has 17 heavy (non-hydrogen) atoms. The van der Waals surface area contributed by atoms with Crippen LogP contribution in [-0.2, 0) is 6.42 Å². The molecule has 0 saturated heterocycles. The number of hydrogen-bond donors (Lipinski definition) is 2. The molecule has 96 valence electrons. The molecule has 0 aromatic carbocycles. The van der Waals surface area contributed by atoms with Crippen LogP contribution in [0, 0.1) is 0 Å². The molecule has 1 heterocycles. The van der Waals surface area contributed by atoms with Gasteiger partial charge in [0, 0.05) is 22.9 Å². The lowest BCUT2D eigenvalue weighted by atomic mass is 10.0. The minimum absolute atomic E-state index is 0.350. The quantitative estimate of drug-likeness (QED) is 0.440. The summed E-state index contributed by atoms with van der Waals surface area (Å²) in [6.45, 7) is 2.23. The van der Waals surface area contributed by atoms with Crippen LogP contribution in [0.25, 0.3) is 0 Å². The Labute approximate surface area is 112 Å². The summed E-state index contributed by atoms with van der Waals surface area (Å²) in [7, 11) is 0. The predicted octanol–water partition coefficient (Wildman–Crippen LogP) is 3.19. The zero-order valence-corrected chi connectivity index (χ0v) is 12.0. The van der Waals surface area contributed by atoms with Crippen LogP contribution in [0.4, 0.5) is 0 Å². The van der Waals surface area contributed by atoms with Crippen LogP contribution in [0.5, 0.6) is 0 Å². The highest BCUT2D eigenvalue weighted by atomic mass is 79.9. The molecule has 0 radical (unpaired) electrons. The standard InChI is InChI=1S/C13H22BrN3/c1-2-3-4-5-6-13(17-15)8-11-7-12(14)10-16-9-11/h7,9-10,13,17H,2-6,8,15H2,1H3. The van der Waals surface area contributed by atoms with E-state index in [1.54, 1.807) is 6.20 Å². The van der Waals surface area contributed by atoms with Gasteiger partial charge in [-0.25, -0.2) is 0 Å². The lowest BCUT2D eigenvalue weighted by molar-refractivity contribution is 0.462. The summed E-state index contributed by atoms with van der Waals surface area (Å²) in [4.78, 5) is 4.17. The van der Waals surface area contributed by atoms with E-state index < -0.39 is 0 Å². The number of nitrogens with two attached hydrogens (primary N) is 1. The fourth-order valence-corrected chi connectivity index (χ4v) is 2.33. The highest BCUT2D eigenvalue weighted by molar-refractivity contribution is 9.10. The van der Waals surface area contributed by atoms with E-state index in [1.807, 2.05) is 6.20 Å². The first-order valence-corrected chi connectivity index (χ1v) is 7.11. The summed E-state index contributed by atoms with van der Waals surface area (Å²) in [5, 5.41) is 0. The molecule has 0 aliphatic heterocycles. The third-order valence-electron chi connectivity index (χ3n) is 2.89. The maximum atomic E-state index is 5.59. The Morgan fingerprint density at radius 1 is 1.35 bits per heavy atom. The van der Waals surface area contributed by atoms with Gasteiger partial charge < -0.3 is 0 Å². The van der Waals surface area contributed by atoms with Crippen LogP contribution in [0.1, 0.15) is 44.6 Å². The van der Waals surface area contributed by atoms with Crippen LogP contribution < -0.4 is 11.3 Å². The van der Waals surface area contributed by atoms with E-state index in [0.717, 1.165) is 17.3 Å². The van der Waals surface area contributed by atoms with Crippen molar-refractivity contribution in [1.82, 2.24) is 10.4 Å². The first-order chi connectivity index (χ1) is 8.26. The Kier molecular flexibility index (Phi) is 7.40. The van der Waals surface area contributed by atoms with E-state index in [0.29, 0.717) is 6.04 Å². The molecule has 1 aromatic heterocycles. The van der Waals surface area contributed by atoms with E-state index in [2.05, 4.69) is 39.3 Å². The van der Waals surface area contributed by atoms with Gasteiger partial charge in [0.05, 0.1) is 0 Å². The van der Waals surface area contributed by atoms with Crippen molar-refractivity contribution in [1.29, 1.82) is 0 Å². The Morgan fingerprint density at radius 2 is 2.18 bits per heavy atom. The van der Waals surface area contributed by atoms with Gasteiger partial charge in [-0.2, -0.15) is 0 Å². The second kappa shape index (κ2) is 8.61. The highest BCUT2D eigenvalue weighted by Crippen LogP contribution is 2.13. The molecule has 3 nitrogen and oxygen atoms in total. The Balaban J connectivity index is 2.35. The number of hydrogen-bond acceptors (Lipinski definition) is 3. The summed E-state index contributed by atoms with van der Waals surface area (Å²) in [5.74, 6) is 5.59. The summed E-state index contributed by atoms with van der Waals surface area (Å²) < 4.78 is 1.02. The summed E-state index contributed by atoms with van der Waals surface area (Å²) in [6.07, 6.45) is 10.9. The van der Waals surface area contributed by atoms with Gasteiger partial charge in [-0.05, 0) is 40.4 Å². The van der Waals surface area contributed by atoms with Gasteiger partial charge >= 0.3 is 0 Å². The molecule has 0 aliphatic carbocycles. The van der Waals surface area contributed by atoms with Crippen LogP contribution in [0.3, 0.4) is 0 Å². The van der Waals surface area contributed by atoms with E-state index in [-0.39, 0.29) is 0 Å². The van der Waals surface area contributed by atoms with Crippen molar-refractivity contribution < 1.29 is 0 Å². The molecule has 0 aliphatic rings. The van der Waals surface area contributed by atoms with Crippen molar-refractivity contribution >= 4 is 15.9 Å². The molecule has 1 unspecified atom stereocenters. The number of unbranched alkanes of at least 4 members (excludes halogenated alkanes) is 3. The zero-order chi connectivity index (χ0) is 12.5. The number of pyridine rings is 1. The number of nitrogens with one attached hydrogen (secondary N) is 1. The minimum atomic E-state index is 0.350. The average Bonchev–Trinajstić information content (AvgIpc) is 2.33. The molecule has 0 fully saturated rings. The van der Waals surface area contributed by atoms with Crippen molar-refractivity contribution in [3.8, 4) is 0 Å². The maximum absolute atomic E-state index is 5.59. The highest BCUT2D eigenvalue weighted by Gasteiger charge is 2.07. The van der Waals surface area contributed by atoms with Crippen molar-refractivity contribution in [3.05, 3.63) is 28.5 Å². The van der Waals surface area contributed by atoms with Gasteiger partial charge in [0.25, 0.3) is 0 Å². The fourth-order valence-electron chi connectivity index (χ4n) is 1.91. The first-order valence-electron chi connectivity index (χ1n) is 6.31. The van der Waals surface area contributed by atoms with Crippen molar-refractivity contribution in [2.75, 3.05) is 0 Å². The van der Waals surface area contributed by atoms with Gasteiger partial charge in [0.2, 0.25) is 0 Å². The molecular weight excluding hydrogens is 278 g/mol. The SMILES string of the molecule is CCCCCCC(Cc1cncc(Br)c1)NN. The molecule has 1 rings (SSSR count). The topological polar surface area (TPSA) is 50.9 Å². The molecule has 4 heteroatoms. The molecular formula is C13H22BrN3. The van der Waals surface area contributed by atoms with Crippen LogP contribution in [0.2, 0.25) is 0 Å². The summed E-state index contributed by atoms with van der Waals surface area (Å²) >= 11 is 3.43. The summed E-state index contributed by atoms with van der Waals surface area (Å²) in [5.41, 5.74) is 4.12. The molecule has 1 atom stereocenters. The average molecular weight is 300 g/mol. The molecule has 0 saturated carbocycles. The lowest BCUT2D eigenvalue weighted by Gasteiger charge is -2.15. The number of nitrogens with zero attached hydrogens (tertiary/aromatic N) is 1. The lowest BCUT2D eigenvalue weighted by Crippen LogP contribution is -2.36. The van der Waals surface area contributed by atoms with E-state index >= 15 is 0 Å². The maximum Gasteiger partial charge on any atom is 0.0410 e. The van der Waals surface area contributed by atoms with E-state index in [4.69, 9.17) is 5.84 Å². The molecule has 0 amide bonds. The van der Waals surface area contributed by atoms with Crippen LogP contribution in [0.15, 0.2) is 22.9 Å².